The Morgan fingerprint density at radius 1 is 1.14 bits per heavy atom. The van der Waals surface area contributed by atoms with Crippen molar-refractivity contribution in [3.05, 3.63) is 77.5 Å². The smallest absolute Gasteiger partial charge is 0.331 e. The van der Waals surface area contributed by atoms with E-state index in [-0.39, 0.29) is 12.5 Å². The van der Waals surface area contributed by atoms with Crippen LogP contribution in [0.15, 0.2) is 60.8 Å². The first kappa shape index (κ1) is 18.9. The van der Waals surface area contributed by atoms with E-state index in [0.717, 1.165) is 22.0 Å². The summed E-state index contributed by atoms with van der Waals surface area (Å²) >= 11 is 0. The van der Waals surface area contributed by atoms with Crippen LogP contribution in [0.4, 0.5) is 0 Å². The Balaban J connectivity index is 1.39. The van der Waals surface area contributed by atoms with Gasteiger partial charge < -0.3 is 15.0 Å². The molecule has 0 spiro atoms. The summed E-state index contributed by atoms with van der Waals surface area (Å²) in [6, 6.07) is 16.8. The maximum atomic E-state index is 11.8. The van der Waals surface area contributed by atoms with Gasteiger partial charge in [0.2, 0.25) is 0 Å². The van der Waals surface area contributed by atoms with E-state index in [1.165, 1.54) is 6.08 Å². The maximum Gasteiger partial charge on any atom is 0.331 e. The number of nitriles is 1. The minimum Gasteiger partial charge on any atom is -0.452 e. The fourth-order valence-electron chi connectivity index (χ4n) is 2.74. The number of fused-ring (bicyclic) bond motifs is 1. The van der Waals surface area contributed by atoms with Gasteiger partial charge in [0.1, 0.15) is 0 Å². The number of rotatable bonds is 7. The number of para-hydroxylation sites is 1. The molecule has 0 fully saturated rings. The highest BCUT2D eigenvalue weighted by atomic mass is 16.5. The van der Waals surface area contributed by atoms with Gasteiger partial charge in [-0.05, 0) is 41.8 Å². The number of aromatic nitrogens is 1. The second kappa shape index (κ2) is 9.19. The van der Waals surface area contributed by atoms with E-state index >= 15 is 0 Å². The lowest BCUT2D eigenvalue weighted by atomic mass is 10.1. The van der Waals surface area contributed by atoms with Gasteiger partial charge in [-0.2, -0.15) is 5.26 Å². The molecule has 0 bridgehead atoms. The van der Waals surface area contributed by atoms with E-state index in [0.29, 0.717) is 18.5 Å². The Labute approximate surface area is 162 Å². The summed E-state index contributed by atoms with van der Waals surface area (Å²) in [7, 11) is 0. The summed E-state index contributed by atoms with van der Waals surface area (Å²) in [6.45, 7) is 0.129. The van der Waals surface area contributed by atoms with Gasteiger partial charge >= 0.3 is 5.97 Å². The van der Waals surface area contributed by atoms with E-state index in [9.17, 15) is 9.59 Å². The molecule has 6 heteroatoms. The molecule has 0 aliphatic carbocycles. The molecule has 140 valence electrons. The number of esters is 1. The van der Waals surface area contributed by atoms with Crippen molar-refractivity contribution in [2.24, 2.45) is 0 Å². The van der Waals surface area contributed by atoms with E-state index in [4.69, 9.17) is 10.00 Å². The number of aromatic amines is 1. The molecule has 0 saturated heterocycles. The molecule has 28 heavy (non-hydrogen) atoms. The Hall–Kier alpha value is -3.85. The Morgan fingerprint density at radius 3 is 2.71 bits per heavy atom. The first-order valence-corrected chi connectivity index (χ1v) is 8.82. The molecule has 1 amide bonds. The minimum absolute atomic E-state index is 0.329. The van der Waals surface area contributed by atoms with Gasteiger partial charge in [-0.1, -0.05) is 30.3 Å². The summed E-state index contributed by atoms with van der Waals surface area (Å²) in [4.78, 5) is 26.7. The second-order valence-electron chi connectivity index (χ2n) is 6.13. The summed E-state index contributed by atoms with van der Waals surface area (Å²) in [6.07, 6.45) is 5.44. The van der Waals surface area contributed by atoms with Gasteiger partial charge in [0.15, 0.2) is 6.61 Å². The number of ether oxygens (including phenoxy) is 1. The van der Waals surface area contributed by atoms with Crippen molar-refractivity contribution in [2.45, 2.75) is 6.42 Å². The number of hydrogen-bond acceptors (Lipinski definition) is 4. The molecule has 1 heterocycles. The van der Waals surface area contributed by atoms with Crippen molar-refractivity contribution >= 4 is 28.9 Å². The van der Waals surface area contributed by atoms with Crippen LogP contribution in [-0.2, 0) is 20.7 Å². The van der Waals surface area contributed by atoms with E-state index in [1.54, 1.807) is 30.3 Å². The highest BCUT2D eigenvalue weighted by molar-refractivity contribution is 5.89. The lowest BCUT2D eigenvalue weighted by molar-refractivity contribution is -0.143. The summed E-state index contributed by atoms with van der Waals surface area (Å²) in [5, 5.41) is 12.6. The highest BCUT2D eigenvalue weighted by Crippen LogP contribution is 2.17. The molecule has 0 aliphatic heterocycles. The topological polar surface area (TPSA) is 95.0 Å². The van der Waals surface area contributed by atoms with Crippen molar-refractivity contribution in [2.75, 3.05) is 13.2 Å². The van der Waals surface area contributed by atoms with Crippen LogP contribution in [-0.4, -0.2) is 30.0 Å². The zero-order valence-electron chi connectivity index (χ0n) is 15.1. The van der Waals surface area contributed by atoms with Gasteiger partial charge in [-0.3, -0.25) is 4.79 Å². The SMILES string of the molecule is N#Cc1ccc(/C=C/C(=O)OCC(=O)NCCc2c[nH]c3ccccc23)cc1. The van der Waals surface area contributed by atoms with Crippen LogP contribution in [0.5, 0.6) is 0 Å². The van der Waals surface area contributed by atoms with Crippen LogP contribution in [0, 0.1) is 11.3 Å². The highest BCUT2D eigenvalue weighted by Gasteiger charge is 2.06. The molecule has 3 rings (SSSR count). The molecule has 3 aromatic rings. The summed E-state index contributed by atoms with van der Waals surface area (Å²) < 4.78 is 4.93. The van der Waals surface area contributed by atoms with Gasteiger partial charge in [0.05, 0.1) is 11.6 Å². The minimum atomic E-state index is -0.601. The van der Waals surface area contributed by atoms with Gasteiger partial charge in [-0.25, -0.2) is 4.79 Å². The van der Waals surface area contributed by atoms with Crippen molar-refractivity contribution in [1.82, 2.24) is 10.3 Å². The van der Waals surface area contributed by atoms with Crippen molar-refractivity contribution in [3.8, 4) is 6.07 Å². The predicted octanol–water partition coefficient (Wildman–Crippen LogP) is 2.95. The third-order valence-electron chi connectivity index (χ3n) is 4.19. The first-order valence-electron chi connectivity index (χ1n) is 8.82. The Bertz CT molecular complexity index is 1040. The molecule has 0 saturated carbocycles. The number of carbonyl (C=O) groups is 2. The van der Waals surface area contributed by atoms with Gasteiger partial charge in [-0.15, -0.1) is 0 Å². The lowest BCUT2D eigenvalue weighted by Gasteiger charge is -2.05. The predicted molar refractivity (Wildman–Crippen MR) is 106 cm³/mol. The van der Waals surface area contributed by atoms with Gasteiger partial charge in [0, 0.05) is 29.7 Å². The molecular weight excluding hydrogens is 354 g/mol. The van der Waals surface area contributed by atoms with E-state index in [2.05, 4.69) is 10.3 Å². The molecular formula is C22H19N3O3. The molecule has 0 atom stereocenters. The molecule has 6 nitrogen and oxygen atoms in total. The van der Waals surface area contributed by atoms with Crippen molar-refractivity contribution < 1.29 is 14.3 Å². The number of benzene rings is 2. The molecule has 0 aliphatic rings. The second-order valence-corrected chi connectivity index (χ2v) is 6.13. The van der Waals surface area contributed by atoms with Crippen LogP contribution < -0.4 is 5.32 Å². The van der Waals surface area contributed by atoms with Crippen LogP contribution in [0.25, 0.3) is 17.0 Å². The Kier molecular flexibility index (Phi) is 6.21. The molecule has 1 aromatic heterocycles. The summed E-state index contributed by atoms with van der Waals surface area (Å²) in [5.74, 6) is -0.948. The largest absolute Gasteiger partial charge is 0.452 e. The zero-order chi connectivity index (χ0) is 19.8. The third kappa shape index (κ3) is 5.08. The molecule has 2 N–H and O–H groups in total. The first-order chi connectivity index (χ1) is 13.7. The lowest BCUT2D eigenvalue weighted by Crippen LogP contribution is -2.30. The number of H-pyrrole nitrogens is 1. The van der Waals surface area contributed by atoms with E-state index in [1.807, 2.05) is 36.5 Å². The normalized spacial score (nSPS) is 10.7. The zero-order valence-corrected chi connectivity index (χ0v) is 15.1. The monoisotopic (exact) mass is 373 g/mol. The standard InChI is InChI=1S/C22H19N3O3/c23-13-17-7-5-16(6-8-17)9-10-22(27)28-15-21(26)24-12-11-18-14-25-20-4-2-1-3-19(18)20/h1-10,14,25H,11-12,15H2,(H,24,26)/b10-9+. The van der Waals surface area contributed by atoms with Gasteiger partial charge in [0.25, 0.3) is 5.91 Å². The van der Waals surface area contributed by atoms with Crippen LogP contribution in [0.1, 0.15) is 16.7 Å². The Morgan fingerprint density at radius 2 is 1.93 bits per heavy atom. The quantitative estimate of drug-likeness (QED) is 0.492. The number of carbonyl (C=O) groups excluding carboxylic acids is 2. The van der Waals surface area contributed by atoms with Crippen molar-refractivity contribution in [1.29, 1.82) is 5.26 Å². The fourth-order valence-corrected chi connectivity index (χ4v) is 2.74. The van der Waals surface area contributed by atoms with Crippen LogP contribution in [0.2, 0.25) is 0 Å². The maximum absolute atomic E-state index is 11.8. The molecule has 0 unspecified atom stereocenters. The molecule has 0 radical (unpaired) electrons. The fraction of sp³-hybridized carbons (Fsp3) is 0.136. The van der Waals surface area contributed by atoms with E-state index < -0.39 is 5.97 Å². The van der Waals surface area contributed by atoms with Crippen LogP contribution >= 0.6 is 0 Å². The average molecular weight is 373 g/mol. The number of amides is 1. The van der Waals surface area contributed by atoms with Crippen molar-refractivity contribution in [3.63, 3.8) is 0 Å². The summed E-state index contributed by atoms with van der Waals surface area (Å²) in [5.41, 5.74) is 3.49. The van der Waals surface area contributed by atoms with Crippen LogP contribution in [0.3, 0.4) is 0 Å². The number of nitrogens with zero attached hydrogens (tertiary/aromatic N) is 1. The molecule has 2 aromatic carbocycles. The average Bonchev–Trinajstić information content (AvgIpc) is 3.14. The number of hydrogen-bond donors (Lipinski definition) is 2. The third-order valence-corrected chi connectivity index (χ3v) is 4.19. The number of nitrogens with one attached hydrogen (secondary N) is 2.